The Bertz CT molecular complexity index is 1070. The van der Waals surface area contributed by atoms with Crippen molar-refractivity contribution in [3.8, 4) is 11.1 Å². The molecule has 0 spiro atoms. The van der Waals surface area contributed by atoms with Gasteiger partial charge in [0.05, 0.1) is 21.8 Å². The Morgan fingerprint density at radius 3 is 2.75 bits per heavy atom. The van der Waals surface area contributed by atoms with E-state index in [0.717, 1.165) is 38.4 Å². The van der Waals surface area contributed by atoms with Crippen LogP contribution in [0.4, 0.5) is 9.93 Å². The van der Waals surface area contributed by atoms with Crippen LogP contribution in [0.15, 0.2) is 16.7 Å². The number of carbonyl (C=O) groups excluding carboxylic acids is 1. The Kier molecular flexibility index (Phi) is 4.54. The van der Waals surface area contributed by atoms with Crippen molar-refractivity contribution in [3.63, 3.8) is 0 Å². The highest BCUT2D eigenvalue weighted by atomic mass is 32.1. The molecule has 8 nitrogen and oxygen atoms in total. The van der Waals surface area contributed by atoms with E-state index in [1.807, 2.05) is 32.9 Å². The van der Waals surface area contributed by atoms with E-state index in [1.54, 1.807) is 0 Å². The topological polar surface area (TPSA) is 109 Å². The molecule has 1 atom stereocenters. The number of nitrogens with one attached hydrogen (secondary N) is 1. The molecule has 3 heterocycles. The smallest absolute Gasteiger partial charge is 0.407 e. The summed E-state index contributed by atoms with van der Waals surface area (Å²) in [6, 6.07) is 3.93. The Morgan fingerprint density at radius 1 is 1.32 bits per heavy atom. The zero-order valence-corrected chi connectivity index (χ0v) is 16.6. The summed E-state index contributed by atoms with van der Waals surface area (Å²) in [6.07, 6.45) is -0.462. The van der Waals surface area contributed by atoms with Crippen LogP contribution in [-0.4, -0.2) is 45.2 Å². The van der Waals surface area contributed by atoms with Crippen LogP contribution in [0.5, 0.6) is 0 Å². The fraction of sp³-hybridized carbons (Fsp3) is 0.368. The second kappa shape index (κ2) is 6.90. The predicted octanol–water partition coefficient (Wildman–Crippen LogP) is 3.81. The highest BCUT2D eigenvalue weighted by molar-refractivity contribution is 7.22. The second-order valence-electron chi connectivity index (χ2n) is 7.01. The van der Waals surface area contributed by atoms with Crippen LogP contribution >= 0.6 is 11.3 Å². The molecule has 28 heavy (non-hydrogen) atoms. The number of carboxylic acid groups (broad SMARTS) is 1. The van der Waals surface area contributed by atoms with Crippen LogP contribution in [0.1, 0.15) is 23.4 Å². The number of hydrogen-bond acceptors (Lipinski definition) is 6. The number of thiazole rings is 1. The van der Waals surface area contributed by atoms with Crippen LogP contribution < -0.4 is 5.32 Å². The van der Waals surface area contributed by atoms with Crippen molar-refractivity contribution in [1.82, 2.24) is 15.0 Å². The van der Waals surface area contributed by atoms with Crippen LogP contribution in [0, 0.1) is 26.7 Å². The number of benzene rings is 1. The monoisotopic (exact) mass is 400 g/mol. The highest BCUT2D eigenvalue weighted by Gasteiger charge is 2.31. The molecule has 1 unspecified atom stereocenters. The van der Waals surface area contributed by atoms with E-state index < -0.39 is 6.09 Å². The number of nitrogens with zero attached hydrogens (tertiary/aromatic N) is 3. The third-order valence-corrected chi connectivity index (χ3v) is 6.27. The van der Waals surface area contributed by atoms with Gasteiger partial charge in [-0.1, -0.05) is 22.6 Å². The first-order valence-corrected chi connectivity index (χ1v) is 9.79. The molecule has 2 N–H and O–H groups in total. The molecular formula is C19H20N4O4S. The standard InChI is InChI=1S/C19H20N4O4S/c1-9-13(15-10(2)22-27-11(15)3)4-5-14-16(9)28-18(20-14)21-17(24)12-6-7-23(8-12)19(25)26/h4-5,12H,6-8H2,1-3H3,(H,25,26)(H,20,21,24). The number of carbonyl (C=O) groups is 2. The van der Waals surface area contributed by atoms with E-state index in [2.05, 4.69) is 15.5 Å². The molecule has 4 rings (SSSR count). The van der Waals surface area contributed by atoms with Gasteiger partial charge >= 0.3 is 6.09 Å². The average Bonchev–Trinajstić information content (AvgIpc) is 3.35. The number of aromatic nitrogens is 2. The zero-order chi connectivity index (χ0) is 20.0. The van der Waals surface area contributed by atoms with Gasteiger partial charge < -0.3 is 19.8 Å². The van der Waals surface area contributed by atoms with Crippen molar-refractivity contribution < 1.29 is 19.2 Å². The van der Waals surface area contributed by atoms with Crippen LogP contribution in [0.25, 0.3) is 21.3 Å². The summed E-state index contributed by atoms with van der Waals surface area (Å²) < 4.78 is 6.28. The summed E-state index contributed by atoms with van der Waals surface area (Å²) in [7, 11) is 0. The molecule has 0 aliphatic carbocycles. The van der Waals surface area contributed by atoms with Gasteiger partial charge in [0, 0.05) is 18.7 Å². The third kappa shape index (κ3) is 3.11. The van der Waals surface area contributed by atoms with Gasteiger partial charge in [-0.3, -0.25) is 4.79 Å². The lowest BCUT2D eigenvalue weighted by atomic mass is 9.99. The number of anilines is 1. The van der Waals surface area contributed by atoms with Crippen LogP contribution in [-0.2, 0) is 4.79 Å². The molecule has 0 bridgehead atoms. The van der Waals surface area contributed by atoms with Gasteiger partial charge in [0.1, 0.15) is 5.76 Å². The van der Waals surface area contributed by atoms with Crippen molar-refractivity contribution in [2.24, 2.45) is 5.92 Å². The zero-order valence-electron chi connectivity index (χ0n) is 15.8. The van der Waals surface area contributed by atoms with Gasteiger partial charge in [0.15, 0.2) is 5.13 Å². The maximum Gasteiger partial charge on any atom is 0.407 e. The molecule has 2 amide bonds. The molecule has 9 heteroatoms. The van der Waals surface area contributed by atoms with Crippen molar-refractivity contribution in [3.05, 3.63) is 29.2 Å². The Balaban J connectivity index is 1.60. The lowest BCUT2D eigenvalue weighted by Crippen LogP contribution is -2.30. The molecule has 3 aromatic rings. The van der Waals surface area contributed by atoms with E-state index in [4.69, 9.17) is 9.63 Å². The van der Waals surface area contributed by atoms with E-state index in [0.29, 0.717) is 18.1 Å². The first kappa shape index (κ1) is 18.4. The van der Waals surface area contributed by atoms with Gasteiger partial charge in [0.25, 0.3) is 0 Å². The highest BCUT2D eigenvalue weighted by Crippen LogP contribution is 2.37. The lowest BCUT2D eigenvalue weighted by molar-refractivity contribution is -0.119. The molecule has 1 aliphatic heterocycles. The number of rotatable bonds is 3. The van der Waals surface area contributed by atoms with Gasteiger partial charge in [-0.05, 0) is 44.4 Å². The molecule has 0 radical (unpaired) electrons. The molecule has 1 fully saturated rings. The largest absolute Gasteiger partial charge is 0.465 e. The molecule has 2 aromatic heterocycles. The number of aryl methyl sites for hydroxylation is 3. The first-order chi connectivity index (χ1) is 13.3. The minimum absolute atomic E-state index is 0.189. The number of fused-ring (bicyclic) bond motifs is 1. The van der Waals surface area contributed by atoms with Gasteiger partial charge in [-0.25, -0.2) is 9.78 Å². The third-order valence-electron chi connectivity index (χ3n) is 5.17. The maximum absolute atomic E-state index is 12.5. The number of hydrogen-bond donors (Lipinski definition) is 2. The van der Waals surface area contributed by atoms with E-state index in [9.17, 15) is 9.59 Å². The van der Waals surface area contributed by atoms with Crippen molar-refractivity contribution in [2.75, 3.05) is 18.4 Å². The summed E-state index contributed by atoms with van der Waals surface area (Å²) in [6.45, 7) is 6.43. The molecule has 1 aromatic carbocycles. The summed E-state index contributed by atoms with van der Waals surface area (Å²) >= 11 is 1.42. The van der Waals surface area contributed by atoms with Gasteiger partial charge in [-0.15, -0.1) is 0 Å². The minimum atomic E-state index is -0.988. The average molecular weight is 400 g/mol. The molecule has 1 aliphatic rings. The molecule has 146 valence electrons. The molecule has 1 saturated heterocycles. The fourth-order valence-electron chi connectivity index (χ4n) is 3.67. The molecular weight excluding hydrogens is 380 g/mol. The Labute approximate surface area is 165 Å². The summed E-state index contributed by atoms with van der Waals surface area (Å²) in [4.78, 5) is 29.3. The SMILES string of the molecule is Cc1noc(C)c1-c1ccc2nc(NC(=O)C3CCN(C(=O)O)C3)sc2c1C. The number of amides is 2. The summed E-state index contributed by atoms with van der Waals surface area (Å²) in [5.41, 5.74) is 4.73. The predicted molar refractivity (Wildman–Crippen MR) is 106 cm³/mol. The van der Waals surface area contributed by atoms with Gasteiger partial charge in [-0.2, -0.15) is 0 Å². The van der Waals surface area contributed by atoms with Crippen molar-refractivity contribution in [1.29, 1.82) is 0 Å². The van der Waals surface area contributed by atoms with E-state index in [-0.39, 0.29) is 18.4 Å². The minimum Gasteiger partial charge on any atom is -0.465 e. The first-order valence-electron chi connectivity index (χ1n) is 8.97. The Morgan fingerprint density at radius 2 is 2.11 bits per heavy atom. The van der Waals surface area contributed by atoms with Crippen molar-refractivity contribution >= 4 is 38.7 Å². The normalized spacial score (nSPS) is 16.7. The number of likely N-dealkylation sites (tertiary alicyclic amines) is 1. The van der Waals surface area contributed by atoms with Gasteiger partial charge in [0.2, 0.25) is 5.91 Å². The lowest BCUT2D eigenvalue weighted by Gasteiger charge is -2.11. The van der Waals surface area contributed by atoms with E-state index in [1.165, 1.54) is 16.2 Å². The van der Waals surface area contributed by atoms with E-state index >= 15 is 0 Å². The maximum atomic E-state index is 12.5. The van der Waals surface area contributed by atoms with Crippen molar-refractivity contribution in [2.45, 2.75) is 27.2 Å². The molecule has 0 saturated carbocycles. The quantitative estimate of drug-likeness (QED) is 0.692. The Hall–Kier alpha value is -2.94. The summed E-state index contributed by atoms with van der Waals surface area (Å²) in [5, 5.41) is 16.5. The van der Waals surface area contributed by atoms with Crippen LogP contribution in [0.2, 0.25) is 0 Å². The fourth-order valence-corrected chi connectivity index (χ4v) is 4.64. The summed E-state index contributed by atoms with van der Waals surface area (Å²) in [5.74, 6) is 0.232. The van der Waals surface area contributed by atoms with Crippen LogP contribution in [0.3, 0.4) is 0 Å². The second-order valence-corrected chi connectivity index (χ2v) is 8.01.